The van der Waals surface area contributed by atoms with Gasteiger partial charge in [0.05, 0.1) is 31.1 Å². The smallest absolute Gasteiger partial charge is 0.168 e. The standard InChI is InChI=1S/C12H18N2O2S/c1-2-6-17-12-13-7-10(9-15)14(12)8-11-4-3-5-16-11/h2,7,11,15H,1,3-6,8-9H2/t11-/m1/s1. The van der Waals surface area contributed by atoms with Crippen molar-refractivity contribution in [3.8, 4) is 0 Å². The number of rotatable bonds is 6. The van der Waals surface area contributed by atoms with E-state index in [2.05, 4.69) is 16.1 Å². The third-order valence-corrected chi connectivity index (χ3v) is 3.79. The van der Waals surface area contributed by atoms with Gasteiger partial charge in [0, 0.05) is 12.4 Å². The van der Waals surface area contributed by atoms with Gasteiger partial charge in [0.25, 0.3) is 0 Å². The first-order chi connectivity index (χ1) is 8.35. The second-order valence-corrected chi connectivity index (χ2v) is 5.02. The first kappa shape index (κ1) is 12.7. The predicted molar refractivity (Wildman–Crippen MR) is 68.0 cm³/mol. The molecule has 17 heavy (non-hydrogen) atoms. The Balaban J connectivity index is 2.09. The molecule has 0 bridgehead atoms. The van der Waals surface area contributed by atoms with Crippen LogP contribution < -0.4 is 0 Å². The molecule has 1 aliphatic heterocycles. The highest BCUT2D eigenvalue weighted by atomic mass is 32.2. The van der Waals surface area contributed by atoms with E-state index in [1.165, 1.54) is 0 Å². The summed E-state index contributed by atoms with van der Waals surface area (Å²) in [7, 11) is 0. The van der Waals surface area contributed by atoms with Gasteiger partial charge < -0.3 is 14.4 Å². The molecule has 1 fully saturated rings. The van der Waals surface area contributed by atoms with Crippen molar-refractivity contribution in [1.82, 2.24) is 9.55 Å². The minimum absolute atomic E-state index is 0.0222. The van der Waals surface area contributed by atoms with E-state index < -0.39 is 0 Å². The maximum Gasteiger partial charge on any atom is 0.168 e. The van der Waals surface area contributed by atoms with E-state index in [1.807, 2.05) is 6.08 Å². The van der Waals surface area contributed by atoms with Crippen molar-refractivity contribution in [2.75, 3.05) is 12.4 Å². The fraction of sp³-hybridized carbons (Fsp3) is 0.583. The maximum absolute atomic E-state index is 9.30. The molecule has 0 saturated carbocycles. The van der Waals surface area contributed by atoms with E-state index in [4.69, 9.17) is 4.74 Å². The molecule has 0 amide bonds. The number of nitrogens with zero attached hydrogens (tertiary/aromatic N) is 2. The molecular weight excluding hydrogens is 236 g/mol. The normalized spacial score (nSPS) is 19.7. The van der Waals surface area contributed by atoms with Gasteiger partial charge in [-0.15, -0.1) is 6.58 Å². The molecular formula is C12H18N2O2S. The lowest BCUT2D eigenvalue weighted by Gasteiger charge is -2.14. The van der Waals surface area contributed by atoms with Crippen LogP contribution >= 0.6 is 11.8 Å². The van der Waals surface area contributed by atoms with Crippen molar-refractivity contribution in [1.29, 1.82) is 0 Å². The number of hydrogen-bond donors (Lipinski definition) is 1. The van der Waals surface area contributed by atoms with Gasteiger partial charge in [-0.2, -0.15) is 0 Å². The molecule has 1 atom stereocenters. The molecule has 94 valence electrons. The first-order valence-electron chi connectivity index (χ1n) is 5.85. The Hall–Kier alpha value is -0.780. The summed E-state index contributed by atoms with van der Waals surface area (Å²) in [6.45, 7) is 5.36. The predicted octanol–water partition coefficient (Wildman–Crippen LogP) is 1.83. The van der Waals surface area contributed by atoms with Crippen molar-refractivity contribution in [2.24, 2.45) is 0 Å². The first-order valence-corrected chi connectivity index (χ1v) is 6.84. The fourth-order valence-corrected chi connectivity index (χ4v) is 2.70. The summed E-state index contributed by atoms with van der Waals surface area (Å²) in [4.78, 5) is 4.33. The summed E-state index contributed by atoms with van der Waals surface area (Å²) < 4.78 is 7.69. The Morgan fingerprint density at radius 3 is 3.24 bits per heavy atom. The van der Waals surface area contributed by atoms with Crippen molar-refractivity contribution in [3.05, 3.63) is 24.5 Å². The molecule has 0 spiro atoms. The number of aliphatic hydroxyl groups excluding tert-OH is 1. The minimum Gasteiger partial charge on any atom is -0.390 e. The molecule has 4 nitrogen and oxygen atoms in total. The third kappa shape index (κ3) is 3.12. The zero-order valence-corrected chi connectivity index (χ0v) is 10.7. The monoisotopic (exact) mass is 254 g/mol. The molecule has 5 heteroatoms. The molecule has 1 aromatic heterocycles. The summed E-state index contributed by atoms with van der Waals surface area (Å²) in [5.74, 6) is 0.827. The van der Waals surface area contributed by atoms with Gasteiger partial charge in [-0.25, -0.2) is 4.98 Å². The molecule has 1 N–H and O–H groups in total. The number of thioether (sulfide) groups is 1. The van der Waals surface area contributed by atoms with Crippen LogP contribution in [0.2, 0.25) is 0 Å². The van der Waals surface area contributed by atoms with Crippen LogP contribution in [0.4, 0.5) is 0 Å². The molecule has 1 aromatic rings. The summed E-state index contributed by atoms with van der Waals surface area (Å²) in [5, 5.41) is 10.2. The zero-order valence-electron chi connectivity index (χ0n) is 9.84. The van der Waals surface area contributed by atoms with E-state index in [-0.39, 0.29) is 12.7 Å². The van der Waals surface area contributed by atoms with Gasteiger partial charge in [0.1, 0.15) is 0 Å². The average Bonchev–Trinajstić information content (AvgIpc) is 2.97. The molecule has 0 unspecified atom stereocenters. The Kier molecular flexibility index (Phi) is 4.65. The quantitative estimate of drug-likeness (QED) is 0.621. The van der Waals surface area contributed by atoms with Crippen LogP contribution in [0.5, 0.6) is 0 Å². The van der Waals surface area contributed by atoms with Gasteiger partial charge in [0.15, 0.2) is 5.16 Å². The lowest BCUT2D eigenvalue weighted by atomic mass is 10.2. The number of aliphatic hydroxyl groups is 1. The molecule has 1 saturated heterocycles. The van der Waals surface area contributed by atoms with Crippen molar-refractivity contribution in [3.63, 3.8) is 0 Å². The summed E-state index contributed by atoms with van der Waals surface area (Å²) in [6.07, 6.45) is 6.07. The summed E-state index contributed by atoms with van der Waals surface area (Å²) in [5.41, 5.74) is 0.854. The van der Waals surface area contributed by atoms with Gasteiger partial charge >= 0.3 is 0 Å². The SMILES string of the molecule is C=CCSc1ncc(CO)n1C[C@H]1CCCO1. The fourth-order valence-electron chi connectivity index (χ4n) is 1.95. The van der Waals surface area contributed by atoms with E-state index in [9.17, 15) is 5.11 Å². The van der Waals surface area contributed by atoms with Gasteiger partial charge in [-0.1, -0.05) is 17.8 Å². The van der Waals surface area contributed by atoms with Crippen LogP contribution in [0.1, 0.15) is 18.5 Å². The van der Waals surface area contributed by atoms with Gasteiger partial charge in [0.2, 0.25) is 0 Å². The second-order valence-electron chi connectivity index (χ2n) is 4.04. The average molecular weight is 254 g/mol. The van der Waals surface area contributed by atoms with Crippen LogP contribution in [0.15, 0.2) is 24.0 Å². The Bertz CT molecular complexity index is 373. The minimum atomic E-state index is 0.0222. The molecule has 0 aliphatic carbocycles. The largest absolute Gasteiger partial charge is 0.390 e. The van der Waals surface area contributed by atoms with Crippen LogP contribution in [0.25, 0.3) is 0 Å². The van der Waals surface area contributed by atoms with Gasteiger partial charge in [-0.3, -0.25) is 0 Å². The van der Waals surface area contributed by atoms with Crippen molar-refractivity contribution in [2.45, 2.75) is 37.3 Å². The molecule has 0 aromatic carbocycles. The Morgan fingerprint density at radius 2 is 2.59 bits per heavy atom. The Labute approximate surface area is 106 Å². The third-order valence-electron chi connectivity index (χ3n) is 2.80. The highest BCUT2D eigenvalue weighted by Crippen LogP contribution is 2.22. The van der Waals surface area contributed by atoms with E-state index in [0.29, 0.717) is 0 Å². The second kappa shape index (κ2) is 6.23. The molecule has 0 radical (unpaired) electrons. The highest BCUT2D eigenvalue weighted by molar-refractivity contribution is 7.99. The van der Waals surface area contributed by atoms with Crippen molar-refractivity contribution >= 4 is 11.8 Å². The summed E-state index contributed by atoms with van der Waals surface area (Å²) in [6, 6.07) is 0. The van der Waals surface area contributed by atoms with E-state index >= 15 is 0 Å². The lowest BCUT2D eigenvalue weighted by molar-refractivity contribution is 0.0930. The van der Waals surface area contributed by atoms with Crippen LogP contribution in [-0.2, 0) is 17.9 Å². The van der Waals surface area contributed by atoms with Crippen LogP contribution in [0.3, 0.4) is 0 Å². The van der Waals surface area contributed by atoms with E-state index in [1.54, 1.807) is 18.0 Å². The summed E-state index contributed by atoms with van der Waals surface area (Å²) >= 11 is 1.63. The number of imidazole rings is 1. The molecule has 2 heterocycles. The topological polar surface area (TPSA) is 47.3 Å². The van der Waals surface area contributed by atoms with Gasteiger partial charge in [-0.05, 0) is 12.8 Å². The van der Waals surface area contributed by atoms with E-state index in [0.717, 1.165) is 42.6 Å². The van der Waals surface area contributed by atoms with Crippen molar-refractivity contribution < 1.29 is 9.84 Å². The number of aromatic nitrogens is 2. The zero-order chi connectivity index (χ0) is 12.1. The number of hydrogen-bond acceptors (Lipinski definition) is 4. The maximum atomic E-state index is 9.30. The molecule has 1 aliphatic rings. The molecule has 2 rings (SSSR count). The van der Waals surface area contributed by atoms with Crippen LogP contribution in [-0.4, -0.2) is 33.1 Å². The Morgan fingerprint density at radius 1 is 1.71 bits per heavy atom. The van der Waals surface area contributed by atoms with Crippen LogP contribution in [0, 0.1) is 0 Å². The highest BCUT2D eigenvalue weighted by Gasteiger charge is 2.19. The lowest BCUT2D eigenvalue weighted by Crippen LogP contribution is -2.17. The number of ether oxygens (including phenoxy) is 1.